The summed E-state index contributed by atoms with van der Waals surface area (Å²) in [4.78, 5) is 0. The molecule has 0 radical (unpaired) electrons. The summed E-state index contributed by atoms with van der Waals surface area (Å²) >= 11 is 0. The molecule has 0 aromatic carbocycles. The fraction of sp³-hybridized carbons (Fsp3) is 1.00. The van der Waals surface area contributed by atoms with Gasteiger partial charge >= 0.3 is 0 Å². The van der Waals surface area contributed by atoms with Gasteiger partial charge in [-0.05, 0) is 24.2 Å². The quantitative estimate of drug-likeness (QED) is 0.711. The van der Waals surface area contributed by atoms with E-state index in [4.69, 9.17) is 0 Å². The lowest BCUT2D eigenvalue weighted by molar-refractivity contribution is 0.129. The Morgan fingerprint density at radius 2 is 1.77 bits per heavy atom. The normalized spacial score (nSPS) is 22.2. The van der Waals surface area contributed by atoms with Crippen molar-refractivity contribution in [3.8, 4) is 0 Å². The third kappa shape index (κ3) is 3.68. The molecule has 0 amide bonds. The van der Waals surface area contributed by atoms with E-state index >= 15 is 0 Å². The van der Waals surface area contributed by atoms with E-state index in [0.717, 1.165) is 11.8 Å². The molecule has 1 unspecified atom stereocenters. The molecule has 1 aliphatic rings. The predicted octanol–water partition coefficient (Wildman–Crippen LogP) is 3.22. The summed E-state index contributed by atoms with van der Waals surface area (Å²) in [5.74, 6) is 2.14. The van der Waals surface area contributed by atoms with Gasteiger partial charge in [0.05, 0.1) is 0 Å². The topological polar surface area (TPSA) is 20.2 Å². The summed E-state index contributed by atoms with van der Waals surface area (Å²) in [6.45, 7) is 4.92. The van der Waals surface area contributed by atoms with Crippen LogP contribution < -0.4 is 0 Å². The summed E-state index contributed by atoms with van der Waals surface area (Å²) in [5, 5.41) is 9.33. The zero-order valence-corrected chi connectivity index (χ0v) is 9.13. The minimum Gasteiger partial charge on any atom is -0.396 e. The smallest absolute Gasteiger partial charge is 0.0462 e. The maximum atomic E-state index is 9.33. The maximum Gasteiger partial charge on any atom is 0.0462 e. The molecular weight excluding hydrogens is 160 g/mol. The highest BCUT2D eigenvalue weighted by atomic mass is 16.3. The molecule has 0 aliphatic heterocycles. The SMILES string of the molecule is CC(C)CC(CO)C1CCCCC1. The van der Waals surface area contributed by atoms with Crippen molar-refractivity contribution in [2.45, 2.75) is 52.4 Å². The van der Waals surface area contributed by atoms with Crippen molar-refractivity contribution in [2.75, 3.05) is 6.61 Å². The molecule has 1 rings (SSSR count). The Labute approximate surface area is 82.5 Å². The first kappa shape index (κ1) is 11.0. The Morgan fingerprint density at radius 3 is 2.23 bits per heavy atom. The Balaban J connectivity index is 2.34. The highest BCUT2D eigenvalue weighted by Gasteiger charge is 2.23. The first-order chi connectivity index (χ1) is 6.24. The largest absolute Gasteiger partial charge is 0.396 e. The van der Waals surface area contributed by atoms with Crippen LogP contribution in [0.15, 0.2) is 0 Å². The van der Waals surface area contributed by atoms with Crippen LogP contribution in [0.25, 0.3) is 0 Å². The number of hydrogen-bond donors (Lipinski definition) is 1. The molecule has 1 N–H and O–H groups in total. The third-order valence-electron chi connectivity index (χ3n) is 3.33. The molecule has 0 bridgehead atoms. The van der Waals surface area contributed by atoms with Gasteiger partial charge in [0.1, 0.15) is 0 Å². The average Bonchev–Trinajstić information content (AvgIpc) is 2.15. The van der Waals surface area contributed by atoms with E-state index < -0.39 is 0 Å². The average molecular weight is 184 g/mol. The molecule has 1 saturated carbocycles. The second kappa shape index (κ2) is 5.64. The van der Waals surface area contributed by atoms with Crippen LogP contribution in [0.2, 0.25) is 0 Å². The minimum absolute atomic E-state index is 0.406. The van der Waals surface area contributed by atoms with Crippen molar-refractivity contribution in [1.29, 1.82) is 0 Å². The van der Waals surface area contributed by atoms with Crippen molar-refractivity contribution < 1.29 is 5.11 Å². The number of aliphatic hydroxyl groups excluding tert-OH is 1. The summed E-state index contributed by atoms with van der Waals surface area (Å²) in [6, 6.07) is 0. The standard InChI is InChI=1S/C12H24O/c1-10(2)8-12(9-13)11-6-4-3-5-7-11/h10-13H,3-9H2,1-2H3. The zero-order valence-electron chi connectivity index (χ0n) is 9.13. The van der Waals surface area contributed by atoms with Crippen LogP contribution in [0.3, 0.4) is 0 Å². The maximum absolute atomic E-state index is 9.33. The van der Waals surface area contributed by atoms with Crippen LogP contribution in [0.1, 0.15) is 52.4 Å². The van der Waals surface area contributed by atoms with E-state index in [0.29, 0.717) is 12.5 Å². The summed E-state index contributed by atoms with van der Waals surface area (Å²) in [7, 11) is 0. The Morgan fingerprint density at radius 1 is 1.15 bits per heavy atom. The molecule has 0 aromatic rings. The lowest BCUT2D eigenvalue weighted by Crippen LogP contribution is -2.22. The van der Waals surface area contributed by atoms with Crippen molar-refractivity contribution in [2.24, 2.45) is 17.8 Å². The lowest BCUT2D eigenvalue weighted by atomic mass is 9.77. The molecule has 1 heteroatoms. The van der Waals surface area contributed by atoms with Crippen molar-refractivity contribution in [3.05, 3.63) is 0 Å². The van der Waals surface area contributed by atoms with Crippen LogP contribution in [0.4, 0.5) is 0 Å². The van der Waals surface area contributed by atoms with E-state index in [-0.39, 0.29) is 0 Å². The van der Waals surface area contributed by atoms with E-state index in [1.807, 2.05) is 0 Å². The van der Waals surface area contributed by atoms with Gasteiger partial charge < -0.3 is 5.11 Å². The monoisotopic (exact) mass is 184 g/mol. The molecule has 0 heterocycles. The Hall–Kier alpha value is -0.0400. The Kier molecular flexibility index (Phi) is 4.79. The number of hydrogen-bond acceptors (Lipinski definition) is 1. The van der Waals surface area contributed by atoms with Gasteiger partial charge in [-0.2, -0.15) is 0 Å². The summed E-state index contributed by atoms with van der Waals surface area (Å²) in [5.41, 5.74) is 0. The molecular formula is C12H24O. The van der Waals surface area contributed by atoms with Crippen LogP contribution in [-0.4, -0.2) is 11.7 Å². The van der Waals surface area contributed by atoms with E-state index in [2.05, 4.69) is 13.8 Å². The summed E-state index contributed by atoms with van der Waals surface area (Å²) in [6.07, 6.45) is 8.12. The van der Waals surface area contributed by atoms with Gasteiger partial charge in [-0.3, -0.25) is 0 Å². The van der Waals surface area contributed by atoms with E-state index in [9.17, 15) is 5.11 Å². The van der Waals surface area contributed by atoms with Crippen molar-refractivity contribution in [1.82, 2.24) is 0 Å². The molecule has 0 aromatic heterocycles. The Bertz CT molecular complexity index is 125. The van der Waals surface area contributed by atoms with E-state index in [1.165, 1.54) is 38.5 Å². The summed E-state index contributed by atoms with van der Waals surface area (Å²) < 4.78 is 0. The molecule has 1 aliphatic carbocycles. The zero-order chi connectivity index (χ0) is 9.68. The molecule has 13 heavy (non-hydrogen) atoms. The third-order valence-corrected chi connectivity index (χ3v) is 3.33. The van der Waals surface area contributed by atoms with Gasteiger partial charge in [-0.15, -0.1) is 0 Å². The first-order valence-electron chi connectivity index (χ1n) is 5.85. The number of aliphatic hydroxyl groups is 1. The van der Waals surface area contributed by atoms with Crippen LogP contribution >= 0.6 is 0 Å². The molecule has 1 atom stereocenters. The number of rotatable bonds is 4. The molecule has 1 nitrogen and oxygen atoms in total. The van der Waals surface area contributed by atoms with E-state index in [1.54, 1.807) is 0 Å². The highest BCUT2D eigenvalue weighted by molar-refractivity contribution is 4.74. The van der Waals surface area contributed by atoms with Crippen molar-refractivity contribution >= 4 is 0 Å². The van der Waals surface area contributed by atoms with Gasteiger partial charge in [0.2, 0.25) is 0 Å². The van der Waals surface area contributed by atoms with Gasteiger partial charge in [0.15, 0.2) is 0 Å². The predicted molar refractivity (Wildman–Crippen MR) is 56.6 cm³/mol. The van der Waals surface area contributed by atoms with Crippen LogP contribution in [0, 0.1) is 17.8 Å². The highest BCUT2D eigenvalue weighted by Crippen LogP contribution is 2.32. The van der Waals surface area contributed by atoms with Gasteiger partial charge in [0, 0.05) is 6.61 Å². The second-order valence-electron chi connectivity index (χ2n) is 4.97. The van der Waals surface area contributed by atoms with Gasteiger partial charge in [-0.1, -0.05) is 46.0 Å². The molecule has 0 spiro atoms. The van der Waals surface area contributed by atoms with Gasteiger partial charge in [-0.25, -0.2) is 0 Å². The second-order valence-corrected chi connectivity index (χ2v) is 4.97. The van der Waals surface area contributed by atoms with Crippen molar-refractivity contribution in [3.63, 3.8) is 0 Å². The molecule has 78 valence electrons. The minimum atomic E-state index is 0.406. The van der Waals surface area contributed by atoms with Gasteiger partial charge in [0.25, 0.3) is 0 Å². The van der Waals surface area contributed by atoms with Crippen LogP contribution in [-0.2, 0) is 0 Å². The molecule has 1 fully saturated rings. The fourth-order valence-corrected chi connectivity index (χ4v) is 2.63. The molecule has 0 saturated heterocycles. The fourth-order valence-electron chi connectivity index (χ4n) is 2.63. The first-order valence-corrected chi connectivity index (χ1v) is 5.85. The van der Waals surface area contributed by atoms with Crippen LogP contribution in [0.5, 0.6) is 0 Å². The lowest BCUT2D eigenvalue weighted by Gasteiger charge is -2.30.